The number of carboxylic acids is 1. The molecule has 9 rings (SSSR count). The number of ether oxygens (including phenoxy) is 2. The van der Waals surface area contributed by atoms with Gasteiger partial charge in [0.2, 0.25) is 11.8 Å². The summed E-state index contributed by atoms with van der Waals surface area (Å²) < 4.78 is 46.1. The summed E-state index contributed by atoms with van der Waals surface area (Å²) in [5.41, 5.74) is 1.93. The van der Waals surface area contributed by atoms with Gasteiger partial charge in [-0.3, -0.25) is 38.3 Å². The number of alkyl halides is 2. The average Bonchev–Trinajstić information content (AvgIpc) is 4.16. The van der Waals surface area contributed by atoms with Gasteiger partial charge in [-0.1, -0.05) is 12.1 Å². The zero-order valence-corrected chi connectivity index (χ0v) is 36.7. The number of carbonyl (C=O) groups is 4. The Labute approximate surface area is 377 Å². The van der Waals surface area contributed by atoms with Crippen molar-refractivity contribution in [2.45, 2.75) is 101 Å². The fourth-order valence-corrected chi connectivity index (χ4v) is 10.1. The number of benzene rings is 1. The molecule has 19 nitrogen and oxygen atoms in total. The maximum absolute atomic E-state index is 14.3. The number of nitrogens with one attached hydrogen (secondary N) is 3. The van der Waals surface area contributed by atoms with Gasteiger partial charge >= 0.3 is 11.7 Å². The average molecular weight is 916 g/mol. The molecule has 3 saturated heterocycles. The number of aryl methyl sites for hydroxylation is 2. The molecule has 1 aliphatic carbocycles. The number of rotatable bonds is 19. The second-order valence-corrected chi connectivity index (χ2v) is 18.0. The number of nitrogens with zero attached hydrogens (tertiary/aromatic N) is 8. The first-order valence-corrected chi connectivity index (χ1v) is 22.9. The van der Waals surface area contributed by atoms with Crippen LogP contribution in [0.3, 0.4) is 0 Å². The van der Waals surface area contributed by atoms with Gasteiger partial charge < -0.3 is 30.1 Å². The number of imide groups is 1. The Hall–Kier alpha value is -6.06. The Bertz CT molecular complexity index is 2670. The number of morpholine rings is 1. The number of halogens is 2. The molecule has 21 heteroatoms. The molecule has 66 heavy (non-hydrogen) atoms. The molecule has 4 atom stereocenters. The van der Waals surface area contributed by atoms with E-state index >= 15 is 0 Å². The summed E-state index contributed by atoms with van der Waals surface area (Å²) in [4.78, 5) is 70.0. The molecule has 1 aromatic carbocycles. The molecule has 3 aliphatic heterocycles. The number of imidazole rings is 1. The summed E-state index contributed by atoms with van der Waals surface area (Å²) >= 11 is 0. The fraction of sp³-hybridized carbons (Fsp3) is 0.556. The van der Waals surface area contributed by atoms with Gasteiger partial charge in [-0.15, -0.1) is 0 Å². The molecule has 5 aromatic rings. The van der Waals surface area contributed by atoms with E-state index in [1.54, 1.807) is 17.8 Å². The van der Waals surface area contributed by atoms with Crippen LogP contribution in [-0.4, -0.2) is 114 Å². The third-order valence-corrected chi connectivity index (χ3v) is 13.7. The van der Waals surface area contributed by atoms with E-state index in [0.717, 1.165) is 30.3 Å². The van der Waals surface area contributed by atoms with Crippen molar-refractivity contribution < 1.29 is 42.5 Å². The maximum Gasteiger partial charge on any atom is 0.329 e. The monoisotopic (exact) mass is 915 g/mol. The number of aliphatic carboxylic acids is 1. The highest BCUT2D eigenvalue weighted by molar-refractivity contribution is 6.08. The van der Waals surface area contributed by atoms with Crippen LogP contribution < -0.4 is 26.5 Å². The molecule has 4 fully saturated rings. The van der Waals surface area contributed by atoms with Crippen LogP contribution in [0, 0.1) is 11.8 Å². The lowest BCUT2D eigenvalue weighted by atomic mass is 9.86. The smallest absolute Gasteiger partial charge is 0.329 e. The van der Waals surface area contributed by atoms with Crippen LogP contribution in [0.15, 0.2) is 47.7 Å². The van der Waals surface area contributed by atoms with Crippen molar-refractivity contribution in [3.05, 3.63) is 70.2 Å². The molecule has 0 radical (unpaired) electrons. The molecule has 4 aromatic heterocycles. The maximum atomic E-state index is 14.3. The third-order valence-electron chi connectivity index (χ3n) is 13.7. The van der Waals surface area contributed by atoms with Crippen LogP contribution in [0.1, 0.15) is 104 Å². The zero-order valence-electron chi connectivity index (χ0n) is 36.7. The standard InChI is InChI=1S/C45H55F2N11O8/c1-54-39-27(5-2-8-34(39)58(45(54)64)35-13-14-37(59)52-43(35)61)6-3-17-65-18-4-7-28(44(62)63)21-48-20-26-9-11-29(12-10-26)57-24-33(38(53-57)40(46)47)50-42(60)32-22-49-56-16-15-36(51-41(32)56)55-23-31-19-30(55)25-66-31/h2,5,8,15-16,22,24,26,28-31,35,40,48H,3-4,6-7,9-14,17-21,23,25H2,1H3,(H,50,60)(H,62,63)(H,52,59,61)/t26-,28?,29-,30-,31-,35?/m1/s1. The first-order chi connectivity index (χ1) is 31.9. The number of fused-ring (bicyclic) bond motifs is 4. The number of carboxylic acid groups (broad SMARTS) is 1. The van der Waals surface area contributed by atoms with E-state index < -0.39 is 41.9 Å². The number of amides is 3. The highest BCUT2D eigenvalue weighted by Crippen LogP contribution is 2.36. The van der Waals surface area contributed by atoms with Crippen LogP contribution in [0.2, 0.25) is 0 Å². The van der Waals surface area contributed by atoms with Gasteiger partial charge in [-0.05, 0) is 94.4 Å². The summed E-state index contributed by atoms with van der Waals surface area (Å²) in [6, 6.07) is 6.79. The van der Waals surface area contributed by atoms with Crippen molar-refractivity contribution in [3.63, 3.8) is 0 Å². The molecule has 1 saturated carbocycles. The van der Waals surface area contributed by atoms with E-state index in [2.05, 4.69) is 31.0 Å². The van der Waals surface area contributed by atoms with Gasteiger partial charge in [0.15, 0.2) is 11.3 Å². The van der Waals surface area contributed by atoms with Gasteiger partial charge in [0.05, 0.1) is 53.6 Å². The number of para-hydroxylation sites is 1. The Morgan fingerprint density at radius 2 is 1.88 bits per heavy atom. The number of hydrogen-bond acceptors (Lipinski definition) is 12. The normalized spacial score (nSPS) is 22.5. The number of carbonyl (C=O) groups excluding carboxylic acids is 3. The third kappa shape index (κ3) is 9.32. The Balaban J connectivity index is 0.701. The quantitative estimate of drug-likeness (QED) is 0.0676. The van der Waals surface area contributed by atoms with Crippen molar-refractivity contribution in [1.29, 1.82) is 0 Å². The molecular weight excluding hydrogens is 861 g/mol. The summed E-state index contributed by atoms with van der Waals surface area (Å²) in [7, 11) is 1.68. The molecule has 7 heterocycles. The van der Waals surface area contributed by atoms with E-state index in [-0.39, 0.29) is 59.8 Å². The van der Waals surface area contributed by atoms with Crippen molar-refractivity contribution in [1.82, 2.24) is 44.1 Å². The van der Waals surface area contributed by atoms with E-state index in [1.807, 2.05) is 24.3 Å². The van der Waals surface area contributed by atoms with Crippen molar-refractivity contribution in [3.8, 4) is 0 Å². The molecule has 3 amide bonds. The number of anilines is 2. The van der Waals surface area contributed by atoms with Crippen LogP contribution in [-0.2, 0) is 37.3 Å². The Morgan fingerprint density at radius 3 is 2.62 bits per heavy atom. The van der Waals surface area contributed by atoms with Gasteiger partial charge in [-0.2, -0.15) is 10.2 Å². The zero-order chi connectivity index (χ0) is 46.1. The Morgan fingerprint density at radius 1 is 1.06 bits per heavy atom. The van der Waals surface area contributed by atoms with Gasteiger partial charge in [0, 0.05) is 52.2 Å². The fourth-order valence-electron chi connectivity index (χ4n) is 10.1. The number of hydrogen-bond donors (Lipinski definition) is 4. The SMILES string of the molecule is Cn1c(=O)n(C2CCC(=O)NC2=O)c2cccc(CCCOCCCC(CNC[C@H]3CC[C@H](n4cc(NC(=O)c5cnn6ccc(N7C[C@H]8C[C@@H]7CO8)nc56)c(C(F)F)n4)CC3)C(=O)O)c21. The van der Waals surface area contributed by atoms with Gasteiger partial charge in [0.25, 0.3) is 12.3 Å². The highest BCUT2D eigenvalue weighted by atomic mass is 19.3. The summed E-state index contributed by atoms with van der Waals surface area (Å²) in [5, 5.41) is 26.7. The van der Waals surface area contributed by atoms with Crippen LogP contribution >= 0.6 is 0 Å². The topological polar surface area (TPSA) is 221 Å². The minimum absolute atomic E-state index is 0.0585. The van der Waals surface area contributed by atoms with Gasteiger partial charge in [0.1, 0.15) is 17.4 Å². The largest absolute Gasteiger partial charge is 0.481 e. The van der Waals surface area contributed by atoms with Crippen LogP contribution in [0.4, 0.5) is 20.3 Å². The minimum Gasteiger partial charge on any atom is -0.481 e. The summed E-state index contributed by atoms with van der Waals surface area (Å²) in [6.07, 6.45) is 8.51. The lowest BCUT2D eigenvalue weighted by Crippen LogP contribution is -2.44. The minimum atomic E-state index is -2.90. The van der Waals surface area contributed by atoms with Crippen LogP contribution in [0.5, 0.6) is 0 Å². The number of aromatic nitrogens is 7. The molecule has 0 spiro atoms. The molecule has 2 bridgehead atoms. The van der Waals surface area contributed by atoms with Gasteiger partial charge in [-0.25, -0.2) is 23.1 Å². The number of piperidine rings is 1. The van der Waals surface area contributed by atoms with E-state index in [4.69, 9.17) is 14.5 Å². The Kier molecular flexibility index (Phi) is 13.3. The van der Waals surface area contributed by atoms with Crippen molar-refractivity contribution >= 4 is 51.9 Å². The van der Waals surface area contributed by atoms with Crippen molar-refractivity contribution in [2.24, 2.45) is 18.9 Å². The molecule has 2 unspecified atom stereocenters. The predicted octanol–water partition coefficient (Wildman–Crippen LogP) is 4.18. The lowest BCUT2D eigenvalue weighted by Gasteiger charge is -2.29. The van der Waals surface area contributed by atoms with Crippen molar-refractivity contribution in [2.75, 3.05) is 49.7 Å². The first kappa shape index (κ1) is 45.1. The molecule has 4 N–H and O–H groups in total. The molecular formula is C45H55F2N11O8. The second kappa shape index (κ2) is 19.4. The molecule has 4 aliphatic rings. The molecule has 352 valence electrons. The summed E-state index contributed by atoms with van der Waals surface area (Å²) in [6.45, 7) is 3.14. The predicted molar refractivity (Wildman–Crippen MR) is 236 cm³/mol. The lowest BCUT2D eigenvalue weighted by molar-refractivity contribution is -0.142. The first-order valence-electron chi connectivity index (χ1n) is 22.9. The second-order valence-electron chi connectivity index (χ2n) is 18.0. The van der Waals surface area contributed by atoms with E-state index in [0.29, 0.717) is 95.0 Å². The highest BCUT2D eigenvalue weighted by Gasteiger charge is 2.40. The van der Waals surface area contributed by atoms with E-state index in [9.17, 15) is 37.9 Å². The van der Waals surface area contributed by atoms with E-state index in [1.165, 1.54) is 26.2 Å². The van der Waals surface area contributed by atoms with Crippen LogP contribution in [0.25, 0.3) is 16.7 Å². The summed E-state index contributed by atoms with van der Waals surface area (Å²) in [5.74, 6) is -1.90.